The highest BCUT2D eigenvalue weighted by Crippen LogP contribution is 2.29. The van der Waals surface area contributed by atoms with Gasteiger partial charge < -0.3 is 9.32 Å². The van der Waals surface area contributed by atoms with E-state index in [1.807, 2.05) is 24.0 Å². The van der Waals surface area contributed by atoms with Crippen LogP contribution in [0.15, 0.2) is 34.8 Å². The van der Waals surface area contributed by atoms with E-state index in [4.69, 9.17) is 4.42 Å². The molecule has 0 radical (unpaired) electrons. The van der Waals surface area contributed by atoms with Gasteiger partial charge in [-0.05, 0) is 32.4 Å². The molecule has 2 aromatic rings. The fourth-order valence-electron chi connectivity index (χ4n) is 3.14. The normalized spacial score (nSPS) is 17.6. The largest absolute Gasteiger partial charge is 0.451 e. The zero-order valence-electron chi connectivity index (χ0n) is 13.6. The Balaban J connectivity index is 1.90. The first-order chi connectivity index (χ1) is 10.6. The predicted octanol–water partition coefficient (Wildman–Crippen LogP) is 4.62. The van der Waals surface area contributed by atoms with Gasteiger partial charge in [0.2, 0.25) is 0 Å². The van der Waals surface area contributed by atoms with Crippen molar-refractivity contribution in [3.05, 3.63) is 47.2 Å². The maximum atomic E-state index is 12.9. The highest BCUT2D eigenvalue weighted by atomic mass is 16.3. The molecule has 1 aliphatic rings. The van der Waals surface area contributed by atoms with Crippen LogP contribution in [0.5, 0.6) is 0 Å². The SMILES string of the molecule is CCCC[C@H]1C=CCN1C(=O)c1oc2ccc(C)cc2c1C. The zero-order chi connectivity index (χ0) is 15.7. The lowest BCUT2D eigenvalue weighted by Crippen LogP contribution is -2.36. The number of unbranched alkanes of at least 4 members (excludes halogenated alkanes) is 1. The molecule has 1 aromatic heterocycles. The molecule has 1 amide bonds. The molecule has 0 saturated heterocycles. The molecule has 0 fully saturated rings. The number of hydrogen-bond acceptors (Lipinski definition) is 2. The van der Waals surface area contributed by atoms with Crippen LogP contribution in [-0.2, 0) is 0 Å². The number of amides is 1. The summed E-state index contributed by atoms with van der Waals surface area (Å²) in [7, 11) is 0. The molecule has 1 aliphatic heterocycles. The summed E-state index contributed by atoms with van der Waals surface area (Å²) in [4.78, 5) is 14.8. The average Bonchev–Trinajstić information content (AvgIpc) is 3.10. The third-order valence-corrected chi connectivity index (χ3v) is 4.46. The van der Waals surface area contributed by atoms with Crippen molar-refractivity contribution in [3.8, 4) is 0 Å². The summed E-state index contributed by atoms with van der Waals surface area (Å²) in [5, 5.41) is 1.04. The number of carbonyl (C=O) groups is 1. The molecule has 3 nitrogen and oxygen atoms in total. The molecule has 0 N–H and O–H groups in total. The van der Waals surface area contributed by atoms with Gasteiger partial charge in [-0.1, -0.05) is 43.5 Å². The van der Waals surface area contributed by atoms with Gasteiger partial charge in [0.15, 0.2) is 5.76 Å². The number of nitrogens with zero attached hydrogens (tertiary/aromatic N) is 1. The highest BCUT2D eigenvalue weighted by molar-refractivity contribution is 5.99. The number of benzene rings is 1. The second kappa shape index (κ2) is 5.99. The van der Waals surface area contributed by atoms with Crippen LogP contribution in [0.25, 0.3) is 11.0 Å². The average molecular weight is 297 g/mol. The van der Waals surface area contributed by atoms with Gasteiger partial charge in [-0.2, -0.15) is 0 Å². The van der Waals surface area contributed by atoms with Crippen molar-refractivity contribution in [3.63, 3.8) is 0 Å². The zero-order valence-corrected chi connectivity index (χ0v) is 13.6. The van der Waals surface area contributed by atoms with Gasteiger partial charge in [0.05, 0.1) is 6.04 Å². The summed E-state index contributed by atoms with van der Waals surface area (Å²) >= 11 is 0. The van der Waals surface area contributed by atoms with Crippen LogP contribution in [0.3, 0.4) is 0 Å². The molecule has 3 heteroatoms. The topological polar surface area (TPSA) is 33.5 Å². The Morgan fingerprint density at radius 1 is 1.36 bits per heavy atom. The molecule has 1 atom stereocenters. The molecule has 0 unspecified atom stereocenters. The Labute approximate surface area is 131 Å². The lowest BCUT2D eigenvalue weighted by Gasteiger charge is -2.23. The van der Waals surface area contributed by atoms with E-state index in [0.29, 0.717) is 12.3 Å². The summed E-state index contributed by atoms with van der Waals surface area (Å²) < 4.78 is 5.86. The first-order valence-corrected chi connectivity index (χ1v) is 8.09. The summed E-state index contributed by atoms with van der Waals surface area (Å²) in [5.41, 5.74) is 2.92. The molecule has 0 bridgehead atoms. The van der Waals surface area contributed by atoms with Crippen LogP contribution in [0.1, 0.15) is 47.9 Å². The molecule has 116 valence electrons. The number of rotatable bonds is 4. The monoisotopic (exact) mass is 297 g/mol. The summed E-state index contributed by atoms with van der Waals surface area (Å²) in [6.07, 6.45) is 7.54. The number of carbonyl (C=O) groups excluding carboxylic acids is 1. The molecular formula is C19H23NO2. The standard InChI is InChI=1S/C19H23NO2/c1-4-5-7-15-8-6-11-20(15)19(21)18-14(3)16-12-13(2)9-10-17(16)22-18/h6,8-10,12,15H,4-5,7,11H2,1-3H3/t15-/m0/s1. The van der Waals surface area contributed by atoms with Crippen molar-refractivity contribution in [2.75, 3.05) is 6.54 Å². The summed E-state index contributed by atoms with van der Waals surface area (Å²) in [6, 6.07) is 6.26. The van der Waals surface area contributed by atoms with Gasteiger partial charge in [-0.3, -0.25) is 4.79 Å². The first-order valence-electron chi connectivity index (χ1n) is 8.09. The third kappa shape index (κ3) is 2.56. The van der Waals surface area contributed by atoms with Crippen molar-refractivity contribution in [2.45, 2.75) is 46.1 Å². The Bertz CT molecular complexity index is 726. The number of fused-ring (bicyclic) bond motifs is 1. The fourth-order valence-corrected chi connectivity index (χ4v) is 3.14. The van der Waals surface area contributed by atoms with Crippen molar-refractivity contribution in [2.24, 2.45) is 0 Å². The van der Waals surface area contributed by atoms with Crippen molar-refractivity contribution in [1.82, 2.24) is 4.90 Å². The molecule has 0 aliphatic carbocycles. The molecule has 1 aromatic carbocycles. The lowest BCUT2D eigenvalue weighted by atomic mass is 10.1. The maximum Gasteiger partial charge on any atom is 0.290 e. The number of furan rings is 1. The second-order valence-corrected chi connectivity index (χ2v) is 6.15. The molecule has 0 spiro atoms. The van der Waals surface area contributed by atoms with E-state index in [-0.39, 0.29) is 11.9 Å². The second-order valence-electron chi connectivity index (χ2n) is 6.15. The van der Waals surface area contributed by atoms with Gasteiger partial charge in [-0.15, -0.1) is 0 Å². The minimum Gasteiger partial charge on any atom is -0.451 e. The minimum atomic E-state index is 0.0115. The molecule has 22 heavy (non-hydrogen) atoms. The van der Waals surface area contributed by atoms with E-state index >= 15 is 0 Å². The van der Waals surface area contributed by atoms with Crippen molar-refractivity contribution >= 4 is 16.9 Å². The molecular weight excluding hydrogens is 274 g/mol. The first kappa shape index (κ1) is 14.9. The van der Waals surface area contributed by atoms with Crippen LogP contribution in [0.4, 0.5) is 0 Å². The van der Waals surface area contributed by atoms with Crippen LogP contribution < -0.4 is 0 Å². The quantitative estimate of drug-likeness (QED) is 0.771. The predicted molar refractivity (Wildman–Crippen MR) is 89.2 cm³/mol. The summed E-state index contributed by atoms with van der Waals surface area (Å²) in [6.45, 7) is 6.89. The Morgan fingerprint density at radius 3 is 2.95 bits per heavy atom. The van der Waals surface area contributed by atoms with Gasteiger partial charge in [-0.25, -0.2) is 0 Å². The van der Waals surface area contributed by atoms with Crippen molar-refractivity contribution < 1.29 is 9.21 Å². The number of hydrogen-bond donors (Lipinski definition) is 0. The number of aryl methyl sites for hydroxylation is 2. The van der Waals surface area contributed by atoms with E-state index in [1.165, 1.54) is 5.56 Å². The van der Waals surface area contributed by atoms with E-state index < -0.39 is 0 Å². The van der Waals surface area contributed by atoms with Crippen molar-refractivity contribution in [1.29, 1.82) is 0 Å². The third-order valence-electron chi connectivity index (χ3n) is 4.46. The smallest absolute Gasteiger partial charge is 0.290 e. The Kier molecular flexibility index (Phi) is 4.06. The molecule has 3 rings (SSSR count). The van der Waals surface area contributed by atoms with Crippen LogP contribution >= 0.6 is 0 Å². The van der Waals surface area contributed by atoms with Crippen LogP contribution in [0.2, 0.25) is 0 Å². The molecule has 0 saturated carbocycles. The van der Waals surface area contributed by atoms with Crippen LogP contribution in [0, 0.1) is 13.8 Å². The van der Waals surface area contributed by atoms with Crippen LogP contribution in [-0.4, -0.2) is 23.4 Å². The van der Waals surface area contributed by atoms with Gasteiger partial charge in [0.25, 0.3) is 5.91 Å². The maximum absolute atomic E-state index is 12.9. The lowest BCUT2D eigenvalue weighted by molar-refractivity contribution is 0.0713. The molecule has 2 heterocycles. The Morgan fingerprint density at radius 2 is 2.18 bits per heavy atom. The Hall–Kier alpha value is -2.03. The van der Waals surface area contributed by atoms with Gasteiger partial charge >= 0.3 is 0 Å². The fraction of sp³-hybridized carbons (Fsp3) is 0.421. The van der Waals surface area contributed by atoms with Gasteiger partial charge in [0, 0.05) is 17.5 Å². The minimum absolute atomic E-state index is 0.0115. The van der Waals surface area contributed by atoms with Gasteiger partial charge in [0.1, 0.15) is 5.58 Å². The van der Waals surface area contributed by atoms with E-state index in [1.54, 1.807) is 0 Å². The van der Waals surface area contributed by atoms with E-state index in [9.17, 15) is 4.79 Å². The van der Waals surface area contributed by atoms with E-state index in [2.05, 4.69) is 32.1 Å². The summed E-state index contributed by atoms with van der Waals surface area (Å²) in [5.74, 6) is 0.503. The highest BCUT2D eigenvalue weighted by Gasteiger charge is 2.29. The van der Waals surface area contributed by atoms with E-state index in [0.717, 1.165) is 35.8 Å².